The number of anilines is 1. The van der Waals surface area contributed by atoms with Crippen LogP contribution in [0.2, 0.25) is 0 Å². The fourth-order valence-electron chi connectivity index (χ4n) is 2.39. The van der Waals surface area contributed by atoms with Crippen LogP contribution in [0.4, 0.5) is 5.69 Å². The van der Waals surface area contributed by atoms with Gasteiger partial charge in [-0.3, -0.25) is 14.8 Å². The summed E-state index contributed by atoms with van der Waals surface area (Å²) in [6.45, 7) is 0.754. The number of amides is 1. The Labute approximate surface area is 159 Å². The topological polar surface area (TPSA) is 96.9 Å². The van der Waals surface area contributed by atoms with Crippen molar-refractivity contribution in [3.63, 3.8) is 0 Å². The first-order chi connectivity index (χ1) is 13.2. The molecule has 0 atom stereocenters. The van der Waals surface area contributed by atoms with Gasteiger partial charge in [0.2, 0.25) is 5.91 Å². The van der Waals surface area contributed by atoms with Gasteiger partial charge in [-0.05, 0) is 36.2 Å². The molecule has 8 heteroatoms. The summed E-state index contributed by atoms with van der Waals surface area (Å²) < 4.78 is 10.5. The molecule has 1 aromatic carbocycles. The molecule has 0 saturated carbocycles. The summed E-state index contributed by atoms with van der Waals surface area (Å²) in [7, 11) is 4.88. The van der Waals surface area contributed by atoms with Gasteiger partial charge in [-0.25, -0.2) is 0 Å². The fourth-order valence-corrected chi connectivity index (χ4v) is 2.39. The lowest BCUT2D eigenvalue weighted by Gasteiger charge is -2.13. The lowest BCUT2D eigenvalue weighted by molar-refractivity contribution is -0.115. The first-order valence-electron chi connectivity index (χ1n) is 8.51. The van der Waals surface area contributed by atoms with Crippen LogP contribution >= 0.6 is 0 Å². The van der Waals surface area contributed by atoms with Gasteiger partial charge in [-0.1, -0.05) is 6.07 Å². The molecule has 0 aliphatic rings. The molecule has 8 nitrogen and oxygen atoms in total. The number of pyridine rings is 1. The van der Waals surface area contributed by atoms with E-state index in [0.717, 1.165) is 12.0 Å². The second-order valence-corrected chi connectivity index (χ2v) is 5.58. The standard InChI is InChI=1S/C19H25N5O3/c1-20-19(23-13-18(25)24-15-5-4-9-21-12-15)22-10-8-14-6-7-16(26-2)17(11-14)27-3/h4-7,9,11-12H,8,10,13H2,1-3H3,(H,24,25)(H2,20,22,23). The molecule has 0 aliphatic carbocycles. The number of carbonyl (C=O) groups excluding carboxylic acids is 1. The number of guanidine groups is 1. The van der Waals surface area contributed by atoms with Crippen molar-refractivity contribution in [3.8, 4) is 11.5 Å². The van der Waals surface area contributed by atoms with E-state index in [1.165, 1.54) is 0 Å². The number of benzene rings is 1. The van der Waals surface area contributed by atoms with Crippen LogP contribution in [0, 0.1) is 0 Å². The highest BCUT2D eigenvalue weighted by molar-refractivity contribution is 5.94. The number of carbonyl (C=O) groups is 1. The summed E-state index contributed by atoms with van der Waals surface area (Å²) in [6.07, 6.45) is 4.01. The van der Waals surface area contributed by atoms with Crippen LogP contribution in [0.25, 0.3) is 0 Å². The van der Waals surface area contributed by atoms with E-state index in [0.29, 0.717) is 29.7 Å². The first kappa shape index (κ1) is 20.0. The van der Waals surface area contributed by atoms with Gasteiger partial charge in [-0.15, -0.1) is 0 Å². The average molecular weight is 371 g/mol. The lowest BCUT2D eigenvalue weighted by Crippen LogP contribution is -2.42. The largest absolute Gasteiger partial charge is 0.493 e. The molecule has 1 aromatic heterocycles. The Kier molecular flexibility index (Phi) is 7.90. The number of aromatic nitrogens is 1. The van der Waals surface area contributed by atoms with Crippen molar-refractivity contribution < 1.29 is 14.3 Å². The molecule has 0 saturated heterocycles. The van der Waals surface area contributed by atoms with Gasteiger partial charge < -0.3 is 25.4 Å². The Morgan fingerprint density at radius 1 is 1.15 bits per heavy atom. The zero-order valence-corrected chi connectivity index (χ0v) is 15.8. The Hall–Kier alpha value is -3.29. The molecule has 3 N–H and O–H groups in total. The summed E-state index contributed by atoms with van der Waals surface area (Å²) in [6, 6.07) is 9.35. The van der Waals surface area contributed by atoms with E-state index in [9.17, 15) is 4.79 Å². The van der Waals surface area contributed by atoms with Crippen molar-refractivity contribution in [2.24, 2.45) is 4.99 Å². The number of methoxy groups -OCH3 is 2. The quantitative estimate of drug-likeness (QED) is 0.480. The van der Waals surface area contributed by atoms with E-state index in [4.69, 9.17) is 9.47 Å². The van der Waals surface area contributed by atoms with Gasteiger partial charge in [0.05, 0.1) is 32.6 Å². The van der Waals surface area contributed by atoms with E-state index in [2.05, 4.69) is 25.9 Å². The minimum atomic E-state index is -0.175. The highest BCUT2D eigenvalue weighted by Gasteiger charge is 2.06. The number of aliphatic imine (C=N–C) groups is 1. The third-order valence-electron chi connectivity index (χ3n) is 3.74. The van der Waals surface area contributed by atoms with E-state index in [1.54, 1.807) is 45.8 Å². The highest BCUT2D eigenvalue weighted by atomic mass is 16.5. The summed E-state index contributed by atoms with van der Waals surface area (Å²) in [5.41, 5.74) is 1.76. The maximum absolute atomic E-state index is 11.9. The molecule has 144 valence electrons. The molecule has 1 amide bonds. The van der Waals surface area contributed by atoms with Crippen molar-refractivity contribution in [2.75, 3.05) is 39.7 Å². The van der Waals surface area contributed by atoms with Crippen molar-refractivity contribution in [2.45, 2.75) is 6.42 Å². The van der Waals surface area contributed by atoms with Crippen LogP contribution in [0.3, 0.4) is 0 Å². The van der Waals surface area contributed by atoms with Crippen LogP contribution in [-0.2, 0) is 11.2 Å². The van der Waals surface area contributed by atoms with Crippen LogP contribution < -0.4 is 25.4 Å². The summed E-state index contributed by atoms with van der Waals surface area (Å²) in [5.74, 6) is 1.78. The Morgan fingerprint density at radius 3 is 2.63 bits per heavy atom. The molecule has 0 unspecified atom stereocenters. The van der Waals surface area contributed by atoms with E-state index in [1.807, 2.05) is 18.2 Å². The van der Waals surface area contributed by atoms with Crippen molar-refractivity contribution in [1.82, 2.24) is 15.6 Å². The summed E-state index contributed by atoms with van der Waals surface area (Å²) in [4.78, 5) is 20.0. The predicted molar refractivity (Wildman–Crippen MR) is 105 cm³/mol. The minimum Gasteiger partial charge on any atom is -0.493 e. The zero-order chi connectivity index (χ0) is 19.5. The molecule has 1 heterocycles. The molecular weight excluding hydrogens is 346 g/mol. The van der Waals surface area contributed by atoms with Crippen LogP contribution in [0.5, 0.6) is 11.5 Å². The van der Waals surface area contributed by atoms with E-state index < -0.39 is 0 Å². The van der Waals surface area contributed by atoms with Gasteiger partial charge in [0.15, 0.2) is 17.5 Å². The molecule has 2 aromatic rings. The number of hydrogen-bond acceptors (Lipinski definition) is 5. The van der Waals surface area contributed by atoms with Crippen molar-refractivity contribution in [1.29, 1.82) is 0 Å². The number of ether oxygens (including phenoxy) is 2. The van der Waals surface area contributed by atoms with Gasteiger partial charge in [-0.2, -0.15) is 0 Å². The highest BCUT2D eigenvalue weighted by Crippen LogP contribution is 2.27. The Morgan fingerprint density at radius 2 is 1.96 bits per heavy atom. The van der Waals surface area contributed by atoms with Crippen LogP contribution in [0.1, 0.15) is 5.56 Å². The SMILES string of the molecule is CN=C(NCCc1ccc(OC)c(OC)c1)NCC(=O)Nc1cccnc1. The maximum Gasteiger partial charge on any atom is 0.243 e. The van der Waals surface area contributed by atoms with Gasteiger partial charge >= 0.3 is 0 Å². The monoisotopic (exact) mass is 371 g/mol. The minimum absolute atomic E-state index is 0.102. The van der Waals surface area contributed by atoms with E-state index >= 15 is 0 Å². The average Bonchev–Trinajstić information content (AvgIpc) is 2.71. The van der Waals surface area contributed by atoms with Crippen molar-refractivity contribution >= 4 is 17.6 Å². The second kappa shape index (κ2) is 10.6. The third-order valence-corrected chi connectivity index (χ3v) is 3.74. The molecule has 0 aliphatic heterocycles. The Bertz CT molecular complexity index is 765. The molecule has 0 fully saturated rings. The van der Waals surface area contributed by atoms with Crippen LogP contribution in [0.15, 0.2) is 47.7 Å². The summed E-state index contributed by atoms with van der Waals surface area (Å²) >= 11 is 0. The number of hydrogen-bond donors (Lipinski definition) is 3. The third kappa shape index (κ3) is 6.50. The second-order valence-electron chi connectivity index (χ2n) is 5.58. The lowest BCUT2D eigenvalue weighted by atomic mass is 10.1. The zero-order valence-electron chi connectivity index (χ0n) is 15.8. The normalized spacial score (nSPS) is 10.9. The molecule has 0 radical (unpaired) electrons. The number of nitrogens with zero attached hydrogens (tertiary/aromatic N) is 2. The number of rotatable bonds is 8. The molecule has 0 bridgehead atoms. The van der Waals surface area contributed by atoms with Crippen molar-refractivity contribution in [3.05, 3.63) is 48.3 Å². The number of nitrogens with one attached hydrogen (secondary N) is 3. The fraction of sp³-hybridized carbons (Fsp3) is 0.316. The molecule has 0 spiro atoms. The van der Waals surface area contributed by atoms with Gasteiger partial charge in [0.25, 0.3) is 0 Å². The van der Waals surface area contributed by atoms with Gasteiger partial charge in [0.1, 0.15) is 0 Å². The molecule has 27 heavy (non-hydrogen) atoms. The first-order valence-corrected chi connectivity index (χ1v) is 8.51. The van der Waals surface area contributed by atoms with Gasteiger partial charge in [0, 0.05) is 19.8 Å². The van der Waals surface area contributed by atoms with E-state index in [-0.39, 0.29) is 12.5 Å². The Balaban J connectivity index is 1.76. The molecular formula is C19H25N5O3. The summed E-state index contributed by atoms with van der Waals surface area (Å²) in [5, 5.41) is 8.91. The maximum atomic E-state index is 11.9. The van der Waals surface area contributed by atoms with Crippen LogP contribution in [-0.4, -0.2) is 51.2 Å². The smallest absolute Gasteiger partial charge is 0.243 e. The molecule has 2 rings (SSSR count). The predicted octanol–water partition coefficient (Wildman–Crippen LogP) is 1.44.